The van der Waals surface area contributed by atoms with Crippen LogP contribution in [0.2, 0.25) is 0 Å². The zero-order chi connectivity index (χ0) is 15.5. The van der Waals surface area contributed by atoms with Gasteiger partial charge >= 0.3 is 0 Å². The zero-order valence-corrected chi connectivity index (χ0v) is 14.1. The summed E-state index contributed by atoms with van der Waals surface area (Å²) in [5.74, 6) is 2.85. The molecule has 2 nitrogen and oxygen atoms in total. The predicted octanol–water partition coefficient (Wildman–Crippen LogP) is 4.72. The summed E-state index contributed by atoms with van der Waals surface area (Å²) in [6, 6.07) is 8.52. The van der Waals surface area contributed by atoms with Gasteiger partial charge in [0.25, 0.3) is 0 Å². The number of ether oxygens (including phenoxy) is 1. The molecule has 0 aromatic heterocycles. The molecule has 2 N–H and O–H groups in total. The van der Waals surface area contributed by atoms with Gasteiger partial charge in [-0.3, -0.25) is 0 Å². The molecule has 0 saturated heterocycles. The zero-order valence-electron chi connectivity index (χ0n) is 14.1. The molecule has 3 atom stereocenters. The molecular weight excluding hydrogens is 258 g/mol. The van der Waals surface area contributed by atoms with Gasteiger partial charge in [0.05, 0.1) is 6.61 Å². The second-order valence-corrected chi connectivity index (χ2v) is 7.15. The van der Waals surface area contributed by atoms with Gasteiger partial charge in [0.1, 0.15) is 5.75 Å². The molecule has 0 aliphatic heterocycles. The molecule has 1 fully saturated rings. The summed E-state index contributed by atoms with van der Waals surface area (Å²) in [5.41, 5.74) is 8.01. The van der Waals surface area contributed by atoms with Crippen molar-refractivity contribution in [3.63, 3.8) is 0 Å². The van der Waals surface area contributed by atoms with E-state index in [1.54, 1.807) is 0 Å². The predicted molar refractivity (Wildman–Crippen MR) is 89.4 cm³/mol. The van der Waals surface area contributed by atoms with Crippen molar-refractivity contribution in [1.82, 2.24) is 0 Å². The third kappa shape index (κ3) is 3.60. The van der Waals surface area contributed by atoms with Crippen LogP contribution in [-0.2, 0) is 5.54 Å². The van der Waals surface area contributed by atoms with Gasteiger partial charge < -0.3 is 10.5 Å². The highest BCUT2D eigenvalue weighted by molar-refractivity contribution is 5.33. The maximum atomic E-state index is 6.93. The van der Waals surface area contributed by atoms with E-state index in [4.69, 9.17) is 10.5 Å². The molecule has 1 aromatic rings. The summed E-state index contributed by atoms with van der Waals surface area (Å²) in [5, 5.41) is 0. The van der Waals surface area contributed by atoms with Crippen LogP contribution in [0.4, 0.5) is 0 Å². The van der Waals surface area contributed by atoms with E-state index in [0.717, 1.165) is 25.2 Å². The van der Waals surface area contributed by atoms with E-state index >= 15 is 0 Å². The smallest absolute Gasteiger partial charge is 0.119 e. The molecule has 118 valence electrons. The molecule has 2 heteroatoms. The minimum absolute atomic E-state index is 0.185. The van der Waals surface area contributed by atoms with Crippen molar-refractivity contribution in [3.05, 3.63) is 29.8 Å². The topological polar surface area (TPSA) is 35.2 Å². The van der Waals surface area contributed by atoms with Gasteiger partial charge in [-0.25, -0.2) is 0 Å². The third-order valence-electron chi connectivity index (χ3n) is 4.99. The summed E-state index contributed by atoms with van der Waals surface area (Å²) in [6.07, 6.45) is 4.67. The van der Waals surface area contributed by atoms with Crippen molar-refractivity contribution in [2.24, 2.45) is 23.5 Å². The third-order valence-corrected chi connectivity index (χ3v) is 4.99. The van der Waals surface area contributed by atoms with Crippen LogP contribution in [0.1, 0.15) is 58.9 Å². The number of hydrogen-bond acceptors (Lipinski definition) is 2. The molecule has 3 unspecified atom stereocenters. The van der Waals surface area contributed by atoms with Crippen LogP contribution in [0.25, 0.3) is 0 Å². The van der Waals surface area contributed by atoms with E-state index in [1.165, 1.54) is 18.4 Å². The molecule has 0 bridgehead atoms. The lowest BCUT2D eigenvalue weighted by molar-refractivity contribution is 0.108. The van der Waals surface area contributed by atoms with E-state index in [9.17, 15) is 0 Å². The van der Waals surface area contributed by atoms with Crippen LogP contribution >= 0.6 is 0 Å². The van der Waals surface area contributed by atoms with Gasteiger partial charge in [-0.2, -0.15) is 0 Å². The van der Waals surface area contributed by atoms with Crippen molar-refractivity contribution in [2.45, 2.75) is 58.9 Å². The highest BCUT2D eigenvalue weighted by Crippen LogP contribution is 2.45. The van der Waals surface area contributed by atoms with Gasteiger partial charge in [-0.15, -0.1) is 0 Å². The first-order chi connectivity index (χ1) is 9.97. The van der Waals surface area contributed by atoms with Gasteiger partial charge in [0.15, 0.2) is 0 Å². The molecule has 1 aromatic carbocycles. The standard InChI is InChI=1S/C19H31NO/c1-5-12-21-17-9-7-16(8-10-17)19(20)13-15(4)6-11-18(19)14(2)3/h7-10,14-15,18H,5-6,11-13,20H2,1-4H3. The molecule has 1 aliphatic rings. The number of rotatable bonds is 5. The monoisotopic (exact) mass is 289 g/mol. The maximum absolute atomic E-state index is 6.93. The maximum Gasteiger partial charge on any atom is 0.119 e. The molecule has 0 amide bonds. The van der Waals surface area contributed by atoms with Gasteiger partial charge in [0.2, 0.25) is 0 Å². The van der Waals surface area contributed by atoms with Crippen molar-refractivity contribution >= 4 is 0 Å². The first-order valence-electron chi connectivity index (χ1n) is 8.49. The van der Waals surface area contributed by atoms with Crippen LogP contribution in [0.5, 0.6) is 5.75 Å². The fourth-order valence-electron chi connectivity index (χ4n) is 3.89. The molecule has 0 radical (unpaired) electrons. The van der Waals surface area contributed by atoms with Crippen molar-refractivity contribution in [1.29, 1.82) is 0 Å². The van der Waals surface area contributed by atoms with Gasteiger partial charge in [-0.05, 0) is 54.7 Å². The summed E-state index contributed by atoms with van der Waals surface area (Å²) in [4.78, 5) is 0. The minimum Gasteiger partial charge on any atom is -0.494 e. The highest BCUT2D eigenvalue weighted by atomic mass is 16.5. The molecule has 0 spiro atoms. The van der Waals surface area contributed by atoms with Gasteiger partial charge in [0, 0.05) is 5.54 Å². The lowest BCUT2D eigenvalue weighted by Gasteiger charge is -2.46. The number of benzene rings is 1. The number of hydrogen-bond donors (Lipinski definition) is 1. The van der Waals surface area contributed by atoms with Crippen LogP contribution in [-0.4, -0.2) is 6.61 Å². The molecule has 1 aliphatic carbocycles. The lowest BCUT2D eigenvalue weighted by Crippen LogP contribution is -2.50. The fourth-order valence-corrected chi connectivity index (χ4v) is 3.89. The Morgan fingerprint density at radius 1 is 1.24 bits per heavy atom. The lowest BCUT2D eigenvalue weighted by atomic mass is 9.63. The normalized spacial score (nSPS) is 29.6. The van der Waals surface area contributed by atoms with E-state index in [2.05, 4.69) is 52.0 Å². The van der Waals surface area contributed by atoms with E-state index in [0.29, 0.717) is 17.8 Å². The molecule has 21 heavy (non-hydrogen) atoms. The quantitative estimate of drug-likeness (QED) is 0.851. The molecule has 1 saturated carbocycles. The molecule has 0 heterocycles. The number of nitrogens with two attached hydrogens (primary N) is 1. The van der Waals surface area contributed by atoms with E-state index < -0.39 is 0 Å². The second-order valence-electron chi connectivity index (χ2n) is 7.15. The summed E-state index contributed by atoms with van der Waals surface area (Å²) < 4.78 is 5.69. The van der Waals surface area contributed by atoms with Crippen molar-refractivity contribution in [3.8, 4) is 5.75 Å². The van der Waals surface area contributed by atoms with E-state index in [1.807, 2.05) is 0 Å². The molecular formula is C19H31NO. The Bertz CT molecular complexity index is 439. The van der Waals surface area contributed by atoms with Crippen LogP contribution in [0.3, 0.4) is 0 Å². The Labute approximate surface area is 130 Å². The Hall–Kier alpha value is -1.02. The highest BCUT2D eigenvalue weighted by Gasteiger charge is 2.42. The average molecular weight is 289 g/mol. The van der Waals surface area contributed by atoms with Gasteiger partial charge in [-0.1, -0.05) is 46.2 Å². The van der Waals surface area contributed by atoms with Crippen molar-refractivity contribution in [2.75, 3.05) is 6.61 Å². The SMILES string of the molecule is CCCOc1ccc(C2(N)CC(C)CCC2C(C)C)cc1. The Balaban J connectivity index is 2.23. The van der Waals surface area contributed by atoms with Crippen molar-refractivity contribution < 1.29 is 4.74 Å². The largest absolute Gasteiger partial charge is 0.494 e. The van der Waals surface area contributed by atoms with Crippen LogP contribution < -0.4 is 10.5 Å². The van der Waals surface area contributed by atoms with Crippen LogP contribution in [0, 0.1) is 17.8 Å². The Kier molecular flexibility index (Phi) is 5.32. The summed E-state index contributed by atoms with van der Waals surface area (Å²) in [6.45, 7) is 9.84. The Morgan fingerprint density at radius 2 is 1.90 bits per heavy atom. The van der Waals surface area contributed by atoms with E-state index in [-0.39, 0.29) is 5.54 Å². The average Bonchev–Trinajstić information content (AvgIpc) is 2.45. The second kappa shape index (κ2) is 6.83. The summed E-state index contributed by atoms with van der Waals surface area (Å²) in [7, 11) is 0. The van der Waals surface area contributed by atoms with Crippen LogP contribution in [0.15, 0.2) is 24.3 Å². The fraction of sp³-hybridized carbons (Fsp3) is 0.684. The minimum atomic E-state index is -0.185. The first-order valence-corrected chi connectivity index (χ1v) is 8.49. The summed E-state index contributed by atoms with van der Waals surface area (Å²) >= 11 is 0. The molecule has 2 rings (SSSR count). The first kappa shape index (κ1) is 16.4. The Morgan fingerprint density at radius 3 is 2.48 bits per heavy atom.